The van der Waals surface area contributed by atoms with Gasteiger partial charge in [-0.3, -0.25) is 14.5 Å². The first kappa shape index (κ1) is 20.8. The first-order chi connectivity index (χ1) is 12.3. The van der Waals surface area contributed by atoms with Gasteiger partial charge in [-0.25, -0.2) is 8.42 Å². The highest BCUT2D eigenvalue weighted by Gasteiger charge is 2.22. The highest BCUT2D eigenvalue weighted by Crippen LogP contribution is 2.12. The monoisotopic (exact) mass is 401 g/mol. The standard InChI is InChI=1S/C17H24ClN3O4S/c1-26(24,25)21-12-10-20(11-13-21)9-8-19-17(23)7-6-16(22)14-2-4-15(18)5-3-14/h2-5H,6-13H2,1H3,(H,19,23). The Morgan fingerprint density at radius 2 is 1.69 bits per heavy atom. The minimum Gasteiger partial charge on any atom is -0.355 e. The minimum absolute atomic E-state index is 0.0892. The van der Waals surface area contributed by atoms with Gasteiger partial charge in [-0.15, -0.1) is 0 Å². The highest BCUT2D eigenvalue weighted by molar-refractivity contribution is 7.88. The molecule has 1 saturated heterocycles. The van der Waals surface area contributed by atoms with Crippen LogP contribution in [0.25, 0.3) is 0 Å². The third-order valence-electron chi connectivity index (χ3n) is 4.30. The fourth-order valence-corrected chi connectivity index (χ4v) is 3.69. The zero-order valence-corrected chi connectivity index (χ0v) is 16.4. The summed E-state index contributed by atoms with van der Waals surface area (Å²) in [6.45, 7) is 3.39. The second-order valence-electron chi connectivity index (χ2n) is 6.28. The van der Waals surface area contributed by atoms with E-state index in [1.807, 2.05) is 0 Å². The Balaban J connectivity index is 1.62. The summed E-state index contributed by atoms with van der Waals surface area (Å²) >= 11 is 5.78. The number of nitrogens with one attached hydrogen (secondary N) is 1. The Kier molecular flexibility index (Phi) is 7.57. The van der Waals surface area contributed by atoms with Crippen molar-refractivity contribution in [1.82, 2.24) is 14.5 Å². The van der Waals surface area contributed by atoms with Gasteiger partial charge in [0.05, 0.1) is 6.26 Å². The first-order valence-corrected chi connectivity index (χ1v) is 10.7. The van der Waals surface area contributed by atoms with Gasteiger partial charge in [0.25, 0.3) is 0 Å². The second-order valence-corrected chi connectivity index (χ2v) is 8.70. The molecule has 1 aliphatic heterocycles. The smallest absolute Gasteiger partial charge is 0.220 e. The average molecular weight is 402 g/mol. The van der Waals surface area contributed by atoms with E-state index in [-0.39, 0.29) is 24.5 Å². The SMILES string of the molecule is CS(=O)(=O)N1CCN(CCNC(=O)CCC(=O)c2ccc(Cl)cc2)CC1. The summed E-state index contributed by atoms with van der Waals surface area (Å²) < 4.78 is 24.4. The number of piperazine rings is 1. The molecule has 9 heteroatoms. The number of amides is 1. The van der Waals surface area contributed by atoms with Crippen LogP contribution in [0, 0.1) is 0 Å². The van der Waals surface area contributed by atoms with Gasteiger partial charge in [0.15, 0.2) is 5.78 Å². The zero-order valence-electron chi connectivity index (χ0n) is 14.8. The topological polar surface area (TPSA) is 86.8 Å². The molecule has 1 heterocycles. The molecule has 0 bridgehead atoms. The Labute approximate surface area is 159 Å². The lowest BCUT2D eigenvalue weighted by Crippen LogP contribution is -2.49. The van der Waals surface area contributed by atoms with Crippen LogP contribution in [0.4, 0.5) is 0 Å². The molecule has 0 atom stereocenters. The number of benzene rings is 1. The second kappa shape index (κ2) is 9.45. The summed E-state index contributed by atoms with van der Waals surface area (Å²) in [5.41, 5.74) is 0.547. The van der Waals surface area contributed by atoms with E-state index in [1.54, 1.807) is 24.3 Å². The van der Waals surface area contributed by atoms with Crippen LogP contribution >= 0.6 is 11.6 Å². The van der Waals surface area contributed by atoms with Crippen LogP contribution in [0.2, 0.25) is 5.02 Å². The molecule has 0 aromatic heterocycles. The summed E-state index contributed by atoms with van der Waals surface area (Å²) in [6.07, 6.45) is 1.51. The van der Waals surface area contributed by atoms with Crippen molar-refractivity contribution in [3.63, 3.8) is 0 Å². The molecule has 26 heavy (non-hydrogen) atoms. The van der Waals surface area contributed by atoms with Crippen LogP contribution in [-0.4, -0.2) is 74.8 Å². The average Bonchev–Trinajstić information content (AvgIpc) is 2.60. The van der Waals surface area contributed by atoms with E-state index >= 15 is 0 Å². The Morgan fingerprint density at radius 3 is 2.27 bits per heavy atom. The van der Waals surface area contributed by atoms with Crippen molar-refractivity contribution in [2.75, 3.05) is 45.5 Å². The van der Waals surface area contributed by atoms with E-state index in [1.165, 1.54) is 10.6 Å². The number of hydrogen-bond donors (Lipinski definition) is 1. The maximum atomic E-state index is 12.0. The molecule has 7 nitrogen and oxygen atoms in total. The zero-order chi connectivity index (χ0) is 19.2. The Hall–Kier alpha value is -1.48. The van der Waals surface area contributed by atoms with Crippen molar-refractivity contribution in [3.05, 3.63) is 34.9 Å². The molecule has 1 aliphatic rings. The molecular formula is C17H24ClN3O4S. The number of nitrogens with zero attached hydrogens (tertiary/aromatic N) is 2. The van der Waals surface area contributed by atoms with Crippen molar-refractivity contribution in [2.24, 2.45) is 0 Å². The number of carbonyl (C=O) groups is 2. The molecule has 144 valence electrons. The maximum Gasteiger partial charge on any atom is 0.220 e. The normalized spacial score (nSPS) is 16.4. The van der Waals surface area contributed by atoms with Crippen LogP contribution < -0.4 is 5.32 Å². The van der Waals surface area contributed by atoms with E-state index in [4.69, 9.17) is 11.6 Å². The van der Waals surface area contributed by atoms with Crippen molar-refractivity contribution in [3.8, 4) is 0 Å². The van der Waals surface area contributed by atoms with Crippen LogP contribution in [0.5, 0.6) is 0 Å². The predicted octanol–water partition coefficient (Wildman–Crippen LogP) is 0.996. The molecule has 0 saturated carbocycles. The van der Waals surface area contributed by atoms with Gasteiger partial charge in [0.2, 0.25) is 15.9 Å². The molecule has 1 fully saturated rings. The van der Waals surface area contributed by atoms with Gasteiger partial charge in [0, 0.05) is 62.7 Å². The Morgan fingerprint density at radius 1 is 1.08 bits per heavy atom. The van der Waals surface area contributed by atoms with E-state index in [2.05, 4.69) is 10.2 Å². The van der Waals surface area contributed by atoms with Crippen LogP contribution in [0.3, 0.4) is 0 Å². The maximum absolute atomic E-state index is 12.0. The first-order valence-electron chi connectivity index (χ1n) is 8.48. The summed E-state index contributed by atoms with van der Waals surface area (Å²) in [7, 11) is -3.13. The summed E-state index contributed by atoms with van der Waals surface area (Å²) in [4.78, 5) is 26.0. The molecule has 0 radical (unpaired) electrons. The number of sulfonamides is 1. The molecule has 0 unspecified atom stereocenters. The summed E-state index contributed by atoms with van der Waals surface area (Å²) in [5.74, 6) is -0.254. The van der Waals surface area contributed by atoms with Crippen molar-refractivity contribution < 1.29 is 18.0 Å². The van der Waals surface area contributed by atoms with E-state index in [0.717, 1.165) is 0 Å². The van der Waals surface area contributed by atoms with Crippen LogP contribution in [-0.2, 0) is 14.8 Å². The number of Topliss-reactive ketones (excluding diaryl/α,β-unsaturated/α-hetero) is 1. The fraction of sp³-hybridized carbons (Fsp3) is 0.529. The van der Waals surface area contributed by atoms with E-state index in [9.17, 15) is 18.0 Å². The lowest BCUT2D eigenvalue weighted by atomic mass is 10.1. The lowest BCUT2D eigenvalue weighted by molar-refractivity contribution is -0.121. The van der Waals surface area contributed by atoms with Gasteiger partial charge < -0.3 is 5.32 Å². The number of halogens is 1. The van der Waals surface area contributed by atoms with Crippen LogP contribution in [0.1, 0.15) is 23.2 Å². The molecule has 1 aromatic rings. The summed E-state index contributed by atoms with van der Waals surface area (Å²) in [5, 5.41) is 3.37. The molecular weight excluding hydrogens is 378 g/mol. The molecule has 0 spiro atoms. The fourth-order valence-electron chi connectivity index (χ4n) is 2.73. The van der Waals surface area contributed by atoms with Crippen molar-refractivity contribution in [1.29, 1.82) is 0 Å². The van der Waals surface area contributed by atoms with Gasteiger partial charge in [-0.05, 0) is 24.3 Å². The van der Waals surface area contributed by atoms with E-state index in [0.29, 0.717) is 49.9 Å². The third-order valence-corrected chi connectivity index (χ3v) is 5.85. The minimum atomic E-state index is -3.13. The van der Waals surface area contributed by atoms with Gasteiger partial charge in [0.1, 0.15) is 0 Å². The third kappa shape index (κ3) is 6.68. The highest BCUT2D eigenvalue weighted by atomic mass is 35.5. The molecule has 1 N–H and O–H groups in total. The van der Waals surface area contributed by atoms with Crippen molar-refractivity contribution in [2.45, 2.75) is 12.8 Å². The van der Waals surface area contributed by atoms with Crippen LogP contribution in [0.15, 0.2) is 24.3 Å². The van der Waals surface area contributed by atoms with Crippen molar-refractivity contribution >= 4 is 33.3 Å². The molecule has 2 rings (SSSR count). The predicted molar refractivity (Wildman–Crippen MR) is 101 cm³/mol. The molecule has 1 aromatic carbocycles. The largest absolute Gasteiger partial charge is 0.355 e. The number of hydrogen-bond acceptors (Lipinski definition) is 5. The Bertz CT molecular complexity index is 729. The number of ketones is 1. The molecule has 0 aliphatic carbocycles. The summed E-state index contributed by atoms with van der Waals surface area (Å²) in [6, 6.07) is 6.61. The quantitative estimate of drug-likeness (QED) is 0.656. The number of rotatable bonds is 8. The van der Waals surface area contributed by atoms with E-state index < -0.39 is 10.0 Å². The number of carbonyl (C=O) groups excluding carboxylic acids is 2. The van der Waals surface area contributed by atoms with Gasteiger partial charge in [-0.1, -0.05) is 11.6 Å². The van der Waals surface area contributed by atoms with Gasteiger partial charge in [-0.2, -0.15) is 4.31 Å². The lowest BCUT2D eigenvalue weighted by Gasteiger charge is -2.33. The molecule has 1 amide bonds. The van der Waals surface area contributed by atoms with Gasteiger partial charge >= 0.3 is 0 Å².